The largest absolute Gasteiger partial charge is 0.304 e. The summed E-state index contributed by atoms with van der Waals surface area (Å²) in [6.45, 7) is 1.69. The summed E-state index contributed by atoms with van der Waals surface area (Å²) in [5, 5.41) is 0.717. The summed E-state index contributed by atoms with van der Waals surface area (Å²) in [7, 11) is 4.21. The van der Waals surface area contributed by atoms with Crippen molar-refractivity contribution in [2.75, 3.05) is 14.1 Å². The third-order valence-electron chi connectivity index (χ3n) is 4.12. The van der Waals surface area contributed by atoms with Gasteiger partial charge in [0, 0.05) is 16.5 Å². The molecule has 0 heterocycles. The van der Waals surface area contributed by atoms with Crippen molar-refractivity contribution in [3.8, 4) is 0 Å². The maximum atomic E-state index is 11.9. The monoisotopic (exact) mass is 265 g/mol. The number of nitrogens with zero attached hydrogens (tertiary/aromatic N) is 1. The molecule has 2 nitrogen and oxygen atoms in total. The van der Waals surface area contributed by atoms with Crippen LogP contribution < -0.4 is 0 Å². The molecule has 0 aromatic heterocycles. The zero-order chi connectivity index (χ0) is 13.3. The first-order valence-electron chi connectivity index (χ1n) is 6.38. The van der Waals surface area contributed by atoms with Crippen molar-refractivity contribution < 1.29 is 4.79 Å². The summed E-state index contributed by atoms with van der Waals surface area (Å²) >= 11 is 5.90. The van der Waals surface area contributed by atoms with Gasteiger partial charge < -0.3 is 4.90 Å². The molecule has 2 rings (SSSR count). The van der Waals surface area contributed by atoms with E-state index < -0.39 is 0 Å². The predicted molar refractivity (Wildman–Crippen MR) is 75.1 cm³/mol. The summed E-state index contributed by atoms with van der Waals surface area (Å²) in [6.07, 6.45) is 3.30. The summed E-state index contributed by atoms with van der Waals surface area (Å²) in [6, 6.07) is 7.67. The van der Waals surface area contributed by atoms with E-state index in [1.165, 1.54) is 12.8 Å². The Morgan fingerprint density at radius 3 is 2.28 bits per heavy atom. The van der Waals surface area contributed by atoms with Crippen LogP contribution in [0.4, 0.5) is 0 Å². The molecule has 98 valence electrons. The van der Waals surface area contributed by atoms with Crippen LogP contribution in [0.15, 0.2) is 24.3 Å². The van der Waals surface area contributed by atoms with Crippen molar-refractivity contribution in [2.24, 2.45) is 0 Å². The van der Waals surface area contributed by atoms with Crippen LogP contribution in [0.25, 0.3) is 0 Å². The first-order valence-corrected chi connectivity index (χ1v) is 6.76. The van der Waals surface area contributed by atoms with Crippen molar-refractivity contribution in [3.05, 3.63) is 34.9 Å². The molecule has 1 aromatic rings. The molecule has 1 unspecified atom stereocenters. The maximum Gasteiger partial charge on any atom is 0.137 e. The Morgan fingerprint density at radius 1 is 1.33 bits per heavy atom. The summed E-state index contributed by atoms with van der Waals surface area (Å²) in [5.41, 5.74) is 1.32. The lowest BCUT2D eigenvalue weighted by atomic mass is 9.87. The number of carbonyl (C=O) groups excluding carboxylic acids is 1. The van der Waals surface area contributed by atoms with E-state index in [4.69, 9.17) is 11.6 Å². The van der Waals surface area contributed by atoms with Gasteiger partial charge >= 0.3 is 0 Å². The summed E-state index contributed by atoms with van der Waals surface area (Å²) < 4.78 is 0. The van der Waals surface area contributed by atoms with Crippen LogP contribution in [0.2, 0.25) is 5.02 Å². The second-order valence-corrected chi connectivity index (χ2v) is 5.97. The van der Waals surface area contributed by atoms with Gasteiger partial charge in [0.15, 0.2) is 0 Å². The number of hydrogen-bond acceptors (Lipinski definition) is 2. The molecule has 18 heavy (non-hydrogen) atoms. The van der Waals surface area contributed by atoms with Crippen molar-refractivity contribution in [2.45, 2.75) is 37.6 Å². The van der Waals surface area contributed by atoms with Gasteiger partial charge in [0.1, 0.15) is 5.78 Å². The standard InChI is InChI=1S/C15H20ClNO/c1-11(18)14(10-15(8-9-15)17(2)3)12-4-6-13(16)7-5-12/h4-7,14H,8-10H2,1-3H3. The van der Waals surface area contributed by atoms with Gasteiger partial charge in [0.05, 0.1) is 0 Å². The molecule has 0 radical (unpaired) electrons. The lowest BCUT2D eigenvalue weighted by molar-refractivity contribution is -0.118. The van der Waals surface area contributed by atoms with E-state index in [-0.39, 0.29) is 17.2 Å². The van der Waals surface area contributed by atoms with E-state index in [1.54, 1.807) is 6.92 Å². The Labute approximate surface area is 114 Å². The highest BCUT2D eigenvalue weighted by Gasteiger charge is 2.46. The number of ketones is 1. The maximum absolute atomic E-state index is 11.9. The minimum absolute atomic E-state index is 0.00725. The smallest absolute Gasteiger partial charge is 0.137 e. The van der Waals surface area contributed by atoms with E-state index >= 15 is 0 Å². The first-order chi connectivity index (χ1) is 8.44. The van der Waals surface area contributed by atoms with E-state index in [0.717, 1.165) is 17.0 Å². The van der Waals surface area contributed by atoms with Gasteiger partial charge in [0.25, 0.3) is 0 Å². The molecule has 1 aromatic carbocycles. The van der Waals surface area contributed by atoms with Gasteiger partial charge in [-0.3, -0.25) is 4.79 Å². The average Bonchev–Trinajstić information content (AvgIpc) is 3.08. The molecule has 0 aliphatic heterocycles. The molecule has 3 heteroatoms. The normalized spacial score (nSPS) is 18.7. The fourth-order valence-corrected chi connectivity index (χ4v) is 2.68. The van der Waals surface area contributed by atoms with Crippen LogP contribution in [-0.2, 0) is 4.79 Å². The van der Waals surface area contributed by atoms with Crippen LogP contribution in [0.3, 0.4) is 0 Å². The van der Waals surface area contributed by atoms with E-state index in [2.05, 4.69) is 19.0 Å². The molecule has 0 saturated heterocycles. The molecule has 1 aliphatic rings. The third-order valence-corrected chi connectivity index (χ3v) is 4.38. The fraction of sp³-hybridized carbons (Fsp3) is 0.533. The lowest BCUT2D eigenvalue weighted by Gasteiger charge is -2.27. The molecule has 1 atom stereocenters. The summed E-state index contributed by atoms with van der Waals surface area (Å²) in [4.78, 5) is 14.2. The Hall–Kier alpha value is -0.860. The number of carbonyl (C=O) groups is 1. The van der Waals surface area contributed by atoms with Crippen LogP contribution in [0.5, 0.6) is 0 Å². The Morgan fingerprint density at radius 2 is 1.89 bits per heavy atom. The van der Waals surface area contributed by atoms with Gasteiger partial charge in [-0.15, -0.1) is 0 Å². The van der Waals surface area contributed by atoms with Gasteiger partial charge in [-0.25, -0.2) is 0 Å². The van der Waals surface area contributed by atoms with Crippen molar-refractivity contribution in [1.82, 2.24) is 4.90 Å². The topological polar surface area (TPSA) is 20.3 Å². The Balaban J connectivity index is 2.19. The van der Waals surface area contributed by atoms with Crippen LogP contribution >= 0.6 is 11.6 Å². The average molecular weight is 266 g/mol. The number of hydrogen-bond donors (Lipinski definition) is 0. The molecule has 0 N–H and O–H groups in total. The summed E-state index contributed by atoms with van der Waals surface area (Å²) in [5.74, 6) is 0.234. The molecule has 0 amide bonds. The highest BCUT2D eigenvalue weighted by molar-refractivity contribution is 6.30. The van der Waals surface area contributed by atoms with Crippen molar-refractivity contribution >= 4 is 17.4 Å². The van der Waals surface area contributed by atoms with Crippen LogP contribution in [0, 0.1) is 0 Å². The van der Waals surface area contributed by atoms with E-state index in [0.29, 0.717) is 0 Å². The van der Waals surface area contributed by atoms with Gasteiger partial charge in [-0.2, -0.15) is 0 Å². The second kappa shape index (κ2) is 5.02. The number of rotatable bonds is 5. The molecular weight excluding hydrogens is 246 g/mol. The van der Waals surface area contributed by atoms with E-state index in [9.17, 15) is 4.79 Å². The molecule has 1 aliphatic carbocycles. The highest BCUT2D eigenvalue weighted by Crippen LogP contribution is 2.47. The number of benzene rings is 1. The molecule has 0 bridgehead atoms. The Kier molecular flexibility index (Phi) is 3.79. The van der Waals surface area contributed by atoms with Crippen LogP contribution in [0.1, 0.15) is 37.7 Å². The van der Waals surface area contributed by atoms with Crippen LogP contribution in [-0.4, -0.2) is 30.3 Å². The number of Topliss-reactive ketones (excluding diaryl/α,β-unsaturated/α-hetero) is 1. The molecular formula is C15H20ClNO. The quantitative estimate of drug-likeness (QED) is 0.812. The highest BCUT2D eigenvalue weighted by atomic mass is 35.5. The van der Waals surface area contributed by atoms with Gasteiger partial charge in [-0.05, 0) is 58.0 Å². The SMILES string of the molecule is CC(=O)C(CC1(N(C)C)CC1)c1ccc(Cl)cc1. The van der Waals surface area contributed by atoms with Gasteiger partial charge in [-0.1, -0.05) is 23.7 Å². The minimum Gasteiger partial charge on any atom is -0.304 e. The predicted octanol–water partition coefficient (Wildman–Crippen LogP) is 3.50. The molecule has 1 fully saturated rings. The third kappa shape index (κ3) is 2.76. The molecule has 0 spiro atoms. The van der Waals surface area contributed by atoms with Gasteiger partial charge in [0.2, 0.25) is 0 Å². The Bertz CT molecular complexity index is 434. The van der Waals surface area contributed by atoms with Crippen molar-refractivity contribution in [3.63, 3.8) is 0 Å². The second-order valence-electron chi connectivity index (χ2n) is 5.54. The zero-order valence-electron chi connectivity index (χ0n) is 11.2. The zero-order valence-corrected chi connectivity index (χ0v) is 12.0. The lowest BCUT2D eigenvalue weighted by Crippen LogP contribution is -2.33. The minimum atomic E-state index is -0.00725. The fourth-order valence-electron chi connectivity index (χ4n) is 2.55. The van der Waals surface area contributed by atoms with Crippen molar-refractivity contribution in [1.29, 1.82) is 0 Å². The first kappa shape index (κ1) is 13.6. The van der Waals surface area contributed by atoms with E-state index in [1.807, 2.05) is 24.3 Å². The number of halogens is 1. The molecule has 1 saturated carbocycles.